The summed E-state index contributed by atoms with van der Waals surface area (Å²) in [6.07, 6.45) is 0. The van der Waals surface area contributed by atoms with Crippen molar-refractivity contribution in [3.8, 4) is 22.3 Å². The highest BCUT2D eigenvalue weighted by Crippen LogP contribution is 2.42. The lowest BCUT2D eigenvalue weighted by Gasteiger charge is -2.26. The molecule has 0 aliphatic rings. The van der Waals surface area contributed by atoms with E-state index in [-0.39, 0.29) is 0 Å². The molecule has 0 N–H and O–H groups in total. The quantitative estimate of drug-likeness (QED) is 0.204. The first-order valence-corrected chi connectivity index (χ1v) is 15.2. The number of nitrogens with zero attached hydrogens (tertiary/aromatic N) is 1. The SMILES string of the molecule is c1ccc(-c2ccccc2-c2ccc(N(c3ccc4oc5ccccc5c4c3)c3ccc4oc5ccccc5c4c3)cc2)cc1. The van der Waals surface area contributed by atoms with E-state index in [1.165, 1.54) is 22.3 Å². The van der Waals surface area contributed by atoms with Crippen molar-refractivity contribution in [3.63, 3.8) is 0 Å². The fraction of sp³-hybridized carbons (Fsp3) is 0. The molecule has 0 aliphatic carbocycles. The molecular formula is C42H27NO2. The Bertz CT molecular complexity index is 2370. The van der Waals surface area contributed by atoms with Gasteiger partial charge in [0.05, 0.1) is 0 Å². The number of para-hydroxylation sites is 2. The molecule has 0 saturated heterocycles. The van der Waals surface area contributed by atoms with Gasteiger partial charge in [-0.25, -0.2) is 0 Å². The Balaban J connectivity index is 1.21. The molecule has 0 amide bonds. The van der Waals surface area contributed by atoms with E-state index >= 15 is 0 Å². The Morgan fingerprint density at radius 3 is 1.29 bits per heavy atom. The normalized spacial score (nSPS) is 11.6. The van der Waals surface area contributed by atoms with Gasteiger partial charge in [0.15, 0.2) is 0 Å². The van der Waals surface area contributed by atoms with Crippen LogP contribution in [-0.2, 0) is 0 Å². The largest absolute Gasteiger partial charge is 0.456 e. The van der Waals surface area contributed by atoms with E-state index < -0.39 is 0 Å². The average Bonchev–Trinajstić information content (AvgIpc) is 3.67. The monoisotopic (exact) mass is 577 g/mol. The van der Waals surface area contributed by atoms with Crippen LogP contribution >= 0.6 is 0 Å². The second-order valence-corrected chi connectivity index (χ2v) is 11.4. The first kappa shape index (κ1) is 25.4. The minimum Gasteiger partial charge on any atom is -0.456 e. The van der Waals surface area contributed by atoms with Crippen LogP contribution in [0.2, 0.25) is 0 Å². The van der Waals surface area contributed by atoms with Gasteiger partial charge >= 0.3 is 0 Å². The van der Waals surface area contributed by atoms with Gasteiger partial charge in [0.1, 0.15) is 22.3 Å². The number of hydrogen-bond acceptors (Lipinski definition) is 3. The van der Waals surface area contributed by atoms with Gasteiger partial charge in [-0.15, -0.1) is 0 Å². The summed E-state index contributed by atoms with van der Waals surface area (Å²) in [6.45, 7) is 0. The highest BCUT2D eigenvalue weighted by Gasteiger charge is 2.18. The van der Waals surface area contributed by atoms with E-state index in [0.717, 1.165) is 60.9 Å². The molecular weight excluding hydrogens is 550 g/mol. The lowest BCUT2D eigenvalue weighted by molar-refractivity contribution is 0.668. The van der Waals surface area contributed by atoms with E-state index in [1.54, 1.807) is 0 Å². The van der Waals surface area contributed by atoms with Gasteiger partial charge in [0.2, 0.25) is 0 Å². The van der Waals surface area contributed by atoms with Crippen LogP contribution < -0.4 is 4.90 Å². The highest BCUT2D eigenvalue weighted by atomic mass is 16.3. The maximum Gasteiger partial charge on any atom is 0.135 e. The summed E-state index contributed by atoms with van der Waals surface area (Å²) < 4.78 is 12.4. The lowest BCUT2D eigenvalue weighted by atomic mass is 9.94. The van der Waals surface area contributed by atoms with Gasteiger partial charge in [0, 0.05) is 38.6 Å². The fourth-order valence-corrected chi connectivity index (χ4v) is 6.55. The minimum atomic E-state index is 0.879. The summed E-state index contributed by atoms with van der Waals surface area (Å²) in [7, 11) is 0. The van der Waals surface area contributed by atoms with Crippen LogP contribution in [0.5, 0.6) is 0 Å². The third-order valence-electron chi connectivity index (χ3n) is 8.69. The molecule has 0 bridgehead atoms. The third kappa shape index (κ3) is 4.29. The number of anilines is 3. The second-order valence-electron chi connectivity index (χ2n) is 11.4. The molecule has 3 heteroatoms. The second kappa shape index (κ2) is 10.3. The van der Waals surface area contributed by atoms with Crippen molar-refractivity contribution in [1.82, 2.24) is 0 Å². The van der Waals surface area contributed by atoms with Crippen molar-refractivity contribution < 1.29 is 8.83 Å². The summed E-state index contributed by atoms with van der Waals surface area (Å²) in [6, 6.07) is 57.4. The van der Waals surface area contributed by atoms with Gasteiger partial charge in [-0.2, -0.15) is 0 Å². The number of furan rings is 2. The molecule has 0 aliphatic heterocycles. The van der Waals surface area contributed by atoms with Gasteiger partial charge in [-0.3, -0.25) is 0 Å². The summed E-state index contributed by atoms with van der Waals surface area (Å²) in [5.41, 5.74) is 11.5. The Kier molecular flexibility index (Phi) is 5.82. The first-order chi connectivity index (χ1) is 22.3. The zero-order chi connectivity index (χ0) is 29.7. The average molecular weight is 578 g/mol. The van der Waals surface area contributed by atoms with Gasteiger partial charge in [-0.05, 0) is 82.9 Å². The van der Waals surface area contributed by atoms with Crippen molar-refractivity contribution in [1.29, 1.82) is 0 Å². The standard InChI is InChI=1S/C42H27NO2/c1-2-10-28(11-3-1)33-12-4-5-13-34(33)29-18-20-30(21-19-29)43(31-22-24-41-37(26-31)35-14-6-8-16-39(35)44-41)32-23-25-42-38(27-32)36-15-7-9-17-40(36)45-42/h1-27H. The van der Waals surface area contributed by atoms with Crippen LogP contribution in [0.1, 0.15) is 0 Å². The summed E-state index contributed by atoms with van der Waals surface area (Å²) >= 11 is 0. The van der Waals surface area contributed by atoms with E-state index in [4.69, 9.17) is 8.83 Å². The Morgan fingerprint density at radius 2 is 0.733 bits per heavy atom. The lowest BCUT2D eigenvalue weighted by Crippen LogP contribution is -2.09. The van der Waals surface area contributed by atoms with Crippen LogP contribution in [0.3, 0.4) is 0 Å². The van der Waals surface area contributed by atoms with E-state index in [0.29, 0.717) is 0 Å². The predicted molar refractivity (Wildman–Crippen MR) is 187 cm³/mol. The molecule has 212 valence electrons. The third-order valence-corrected chi connectivity index (χ3v) is 8.69. The minimum absolute atomic E-state index is 0.879. The molecule has 9 aromatic rings. The van der Waals surface area contributed by atoms with Crippen LogP contribution in [0.15, 0.2) is 173 Å². The number of fused-ring (bicyclic) bond motifs is 6. The molecule has 9 rings (SSSR count). The Labute approximate surface area is 260 Å². The van der Waals surface area contributed by atoms with Crippen LogP contribution in [0.4, 0.5) is 17.1 Å². The molecule has 2 heterocycles. The number of benzene rings is 7. The van der Waals surface area contributed by atoms with Crippen LogP contribution in [0.25, 0.3) is 66.1 Å². The highest BCUT2D eigenvalue weighted by molar-refractivity contribution is 6.08. The number of hydrogen-bond donors (Lipinski definition) is 0. The fourth-order valence-electron chi connectivity index (χ4n) is 6.55. The maximum absolute atomic E-state index is 6.18. The van der Waals surface area contributed by atoms with E-state index in [2.05, 4.69) is 144 Å². The maximum atomic E-state index is 6.18. The van der Waals surface area contributed by atoms with Crippen molar-refractivity contribution in [3.05, 3.63) is 164 Å². The molecule has 7 aromatic carbocycles. The zero-order valence-electron chi connectivity index (χ0n) is 24.4. The topological polar surface area (TPSA) is 29.5 Å². The van der Waals surface area contributed by atoms with Crippen molar-refractivity contribution in [2.24, 2.45) is 0 Å². The Hall–Kier alpha value is -6.06. The molecule has 0 unspecified atom stereocenters. The van der Waals surface area contributed by atoms with Gasteiger partial charge in [0.25, 0.3) is 0 Å². The van der Waals surface area contributed by atoms with Crippen molar-refractivity contribution in [2.75, 3.05) is 4.90 Å². The van der Waals surface area contributed by atoms with E-state index in [9.17, 15) is 0 Å². The molecule has 0 spiro atoms. The van der Waals surface area contributed by atoms with E-state index in [1.807, 2.05) is 24.3 Å². The number of rotatable bonds is 5. The van der Waals surface area contributed by atoms with Gasteiger partial charge in [-0.1, -0.05) is 103 Å². The molecule has 0 saturated carbocycles. The molecule has 0 radical (unpaired) electrons. The smallest absolute Gasteiger partial charge is 0.135 e. The molecule has 0 atom stereocenters. The summed E-state index contributed by atoms with van der Waals surface area (Å²) in [5.74, 6) is 0. The Morgan fingerprint density at radius 1 is 0.311 bits per heavy atom. The predicted octanol–water partition coefficient (Wildman–Crippen LogP) is 12.3. The molecule has 3 nitrogen and oxygen atoms in total. The first-order valence-electron chi connectivity index (χ1n) is 15.2. The van der Waals surface area contributed by atoms with Crippen molar-refractivity contribution in [2.45, 2.75) is 0 Å². The molecule has 0 fully saturated rings. The van der Waals surface area contributed by atoms with Gasteiger partial charge < -0.3 is 13.7 Å². The molecule has 45 heavy (non-hydrogen) atoms. The van der Waals surface area contributed by atoms with Crippen LogP contribution in [0, 0.1) is 0 Å². The van der Waals surface area contributed by atoms with Crippen molar-refractivity contribution >= 4 is 60.9 Å². The molecule has 2 aromatic heterocycles. The summed E-state index contributed by atoms with van der Waals surface area (Å²) in [4.78, 5) is 2.31. The summed E-state index contributed by atoms with van der Waals surface area (Å²) in [5, 5.41) is 4.41. The zero-order valence-corrected chi connectivity index (χ0v) is 24.4. The van der Waals surface area contributed by atoms with Crippen LogP contribution in [-0.4, -0.2) is 0 Å².